The second-order valence-electron chi connectivity index (χ2n) is 2.51. The Balaban J connectivity index is 0. The summed E-state index contributed by atoms with van der Waals surface area (Å²) in [6.07, 6.45) is 0. The number of imide groups is 2. The van der Waals surface area contributed by atoms with Crippen LogP contribution in [-0.4, -0.2) is 37.3 Å². The van der Waals surface area contributed by atoms with Crippen molar-refractivity contribution >= 4 is 27.7 Å². The second-order valence-corrected chi connectivity index (χ2v) is 4.89. The van der Waals surface area contributed by atoms with E-state index in [4.69, 9.17) is 0 Å². The van der Waals surface area contributed by atoms with E-state index in [1.807, 2.05) is 0 Å². The molecule has 4 amide bonds. The molecule has 1 heterocycles. The zero-order chi connectivity index (χ0) is 10.9. The van der Waals surface area contributed by atoms with Crippen molar-refractivity contribution in [3.8, 4) is 0 Å². The number of carbonyl (C=O) groups is 3. The van der Waals surface area contributed by atoms with Gasteiger partial charge in [0.25, 0.3) is 0 Å². The van der Waals surface area contributed by atoms with Crippen LogP contribution in [0, 0.1) is 0 Å². The molecule has 0 aromatic heterocycles. The molecule has 0 aromatic rings. The second kappa shape index (κ2) is 7.10. The number of hydrogen-bond acceptors (Lipinski definition) is 5. The van der Waals surface area contributed by atoms with Crippen molar-refractivity contribution in [3.63, 3.8) is 0 Å². The zero-order valence-electron chi connectivity index (χ0n) is 9.13. The van der Waals surface area contributed by atoms with Gasteiger partial charge in [-0.1, -0.05) is 6.92 Å². The summed E-state index contributed by atoms with van der Waals surface area (Å²) in [5, 5.41) is 3.64. The van der Waals surface area contributed by atoms with Crippen LogP contribution in [0.4, 0.5) is 4.79 Å². The maximum atomic E-state index is 11.2. The van der Waals surface area contributed by atoms with E-state index < -0.39 is 32.9 Å². The molecule has 1 saturated heterocycles. The van der Waals surface area contributed by atoms with Gasteiger partial charge in [0.1, 0.15) is 5.25 Å². The molecule has 16 heavy (non-hydrogen) atoms. The first-order valence-electron chi connectivity index (χ1n) is 3.65. The fourth-order valence-corrected chi connectivity index (χ4v) is 1.96. The molecule has 0 radical (unpaired) electrons. The van der Waals surface area contributed by atoms with Gasteiger partial charge in [-0.2, -0.15) is 0 Å². The van der Waals surface area contributed by atoms with E-state index in [1.54, 1.807) is 0 Å². The average molecular weight is 264 g/mol. The summed E-state index contributed by atoms with van der Waals surface area (Å²) < 4.78 is 22.4. The zero-order valence-corrected chi connectivity index (χ0v) is 13.9. The minimum absolute atomic E-state index is 0. The van der Waals surface area contributed by atoms with Gasteiger partial charge in [-0.05, 0) is 6.03 Å². The van der Waals surface area contributed by atoms with Crippen molar-refractivity contribution in [2.75, 3.05) is 5.75 Å². The minimum Gasteiger partial charge on any atom is -0.610 e. The van der Waals surface area contributed by atoms with Crippen LogP contribution >= 0.6 is 0 Å². The van der Waals surface area contributed by atoms with Crippen LogP contribution in [0.1, 0.15) is 6.92 Å². The molecule has 1 fully saturated rings. The maximum absolute atomic E-state index is 11.2. The molecule has 0 N–H and O–H groups in total. The van der Waals surface area contributed by atoms with Gasteiger partial charge in [0, 0.05) is 5.75 Å². The van der Waals surface area contributed by atoms with Crippen molar-refractivity contribution in [2.24, 2.45) is 0 Å². The van der Waals surface area contributed by atoms with E-state index >= 15 is 0 Å². The Labute approximate surface area is 137 Å². The van der Waals surface area contributed by atoms with Crippen LogP contribution in [0.5, 0.6) is 0 Å². The number of rotatable bonds is 2. The molecule has 1 rings (SSSR count). The van der Waals surface area contributed by atoms with Gasteiger partial charge in [0.05, 0.1) is 11.8 Å². The van der Waals surface area contributed by atoms with Gasteiger partial charge in [-0.3, -0.25) is 0 Å². The SMILES string of the molecule is CCS(=O)(=O)C1C(=O)[N-]C(=O)[N-]C1=O.[Na+].[Na+]. The number of amides is 4. The molecule has 0 bridgehead atoms. The van der Waals surface area contributed by atoms with Crippen LogP contribution in [0.15, 0.2) is 0 Å². The van der Waals surface area contributed by atoms with E-state index in [1.165, 1.54) is 6.92 Å². The maximum Gasteiger partial charge on any atom is 1.00 e. The van der Waals surface area contributed by atoms with Crippen molar-refractivity contribution in [3.05, 3.63) is 10.6 Å². The quantitative estimate of drug-likeness (QED) is 0.363. The Morgan fingerprint density at radius 1 is 1.06 bits per heavy atom. The molecule has 0 aliphatic carbocycles. The number of barbiturate groups is 1. The third-order valence-electron chi connectivity index (χ3n) is 1.62. The van der Waals surface area contributed by atoms with Gasteiger partial charge in [-0.15, -0.1) is 0 Å². The Bertz CT molecular complexity index is 387. The number of sulfone groups is 1. The standard InChI is InChI=1S/C6H8N2O5S.2Na/c1-2-14(12,13)3-4(9)7-6(11)8-5(3)10;;/h3H,2H2,1H3,(H2,7,8,9,10,11);;/q;2*+1/p-2. The van der Waals surface area contributed by atoms with Crippen LogP contribution in [0.3, 0.4) is 0 Å². The predicted molar refractivity (Wildman–Crippen MR) is 45.4 cm³/mol. The first-order valence-corrected chi connectivity index (χ1v) is 5.36. The van der Waals surface area contributed by atoms with Crippen LogP contribution in [0.25, 0.3) is 10.6 Å². The minimum atomic E-state index is -3.88. The molecule has 7 nitrogen and oxygen atoms in total. The van der Waals surface area contributed by atoms with E-state index in [2.05, 4.69) is 10.6 Å². The monoisotopic (exact) mass is 264 g/mol. The topological polar surface area (TPSA) is 114 Å². The molecule has 1 aliphatic rings. The number of hydrogen-bond donors (Lipinski definition) is 0. The number of carbonyl (C=O) groups excluding carboxylic acids is 3. The number of urea groups is 1. The van der Waals surface area contributed by atoms with Gasteiger partial charge in [-0.25, -0.2) is 8.42 Å². The summed E-state index contributed by atoms with van der Waals surface area (Å²) in [6, 6.07) is -1.25. The molecule has 0 saturated carbocycles. The fraction of sp³-hybridized carbons (Fsp3) is 0.500. The van der Waals surface area contributed by atoms with E-state index in [-0.39, 0.29) is 64.9 Å². The molecule has 0 spiro atoms. The van der Waals surface area contributed by atoms with Crippen molar-refractivity contribution < 1.29 is 81.9 Å². The van der Waals surface area contributed by atoms with E-state index in [0.29, 0.717) is 0 Å². The summed E-state index contributed by atoms with van der Waals surface area (Å²) in [5.41, 5.74) is 0. The summed E-state index contributed by atoms with van der Waals surface area (Å²) in [4.78, 5) is 32.4. The Kier molecular flexibility index (Phi) is 8.39. The Morgan fingerprint density at radius 3 is 1.75 bits per heavy atom. The third kappa shape index (κ3) is 4.10. The van der Waals surface area contributed by atoms with Crippen molar-refractivity contribution in [1.29, 1.82) is 0 Å². The van der Waals surface area contributed by atoms with Crippen LogP contribution in [-0.2, 0) is 19.4 Å². The molecule has 0 atom stereocenters. The normalized spacial score (nSPS) is 16.7. The van der Waals surface area contributed by atoms with E-state index in [9.17, 15) is 22.8 Å². The third-order valence-corrected chi connectivity index (χ3v) is 3.55. The average Bonchev–Trinajstić information content (AvgIpc) is 2.01. The summed E-state index contributed by atoms with van der Waals surface area (Å²) >= 11 is 0. The fourth-order valence-electron chi connectivity index (χ4n) is 0.910. The van der Waals surface area contributed by atoms with Crippen molar-refractivity contribution in [2.45, 2.75) is 12.2 Å². The molecule has 0 unspecified atom stereocenters. The Hall–Kier alpha value is 0.560. The van der Waals surface area contributed by atoms with Crippen LogP contribution < -0.4 is 59.1 Å². The Morgan fingerprint density at radius 2 is 1.44 bits per heavy atom. The van der Waals surface area contributed by atoms with Crippen LogP contribution in [0.2, 0.25) is 0 Å². The van der Waals surface area contributed by atoms with Gasteiger partial charge >= 0.3 is 59.1 Å². The summed E-state index contributed by atoms with van der Waals surface area (Å²) in [7, 11) is -3.88. The largest absolute Gasteiger partial charge is 1.00 e. The summed E-state index contributed by atoms with van der Waals surface area (Å²) in [6.45, 7) is 1.28. The smallest absolute Gasteiger partial charge is 0.610 e. The summed E-state index contributed by atoms with van der Waals surface area (Å²) in [5.74, 6) is -2.89. The molecule has 10 heteroatoms. The van der Waals surface area contributed by atoms with Gasteiger partial charge < -0.3 is 25.0 Å². The molecule has 0 aromatic carbocycles. The van der Waals surface area contributed by atoms with E-state index in [0.717, 1.165) is 0 Å². The van der Waals surface area contributed by atoms with Gasteiger partial charge in [0.2, 0.25) is 0 Å². The molecular formula is C6H6N2Na2O5S. The molecule has 78 valence electrons. The van der Waals surface area contributed by atoms with Crippen molar-refractivity contribution in [1.82, 2.24) is 0 Å². The predicted octanol–water partition coefficient (Wildman–Crippen LogP) is -6.27. The van der Waals surface area contributed by atoms with Gasteiger partial charge in [0.15, 0.2) is 9.84 Å². The molecular weight excluding hydrogens is 258 g/mol. The first kappa shape index (κ1) is 18.9. The molecule has 1 aliphatic heterocycles. The number of nitrogens with zero attached hydrogens (tertiary/aromatic N) is 2. The first-order chi connectivity index (χ1) is 6.38.